The van der Waals surface area contributed by atoms with Crippen LogP contribution in [-0.4, -0.2) is 39.6 Å². The van der Waals surface area contributed by atoms with Gasteiger partial charge in [-0.25, -0.2) is 9.48 Å². The lowest BCUT2D eigenvalue weighted by Gasteiger charge is -2.36. The molecule has 1 aliphatic carbocycles. The van der Waals surface area contributed by atoms with Crippen LogP contribution in [0.5, 0.6) is 0 Å². The number of rotatable bonds is 6. The topological polar surface area (TPSA) is 83.3 Å². The Morgan fingerprint density at radius 3 is 2.78 bits per heavy atom. The highest BCUT2D eigenvalue weighted by atomic mass is 16.6. The Hall–Kier alpha value is -2.44. The van der Waals surface area contributed by atoms with E-state index in [1.54, 1.807) is 0 Å². The fraction of sp³-hybridized carbons (Fsp3) is 0.600. The number of nitrogens with zero attached hydrogens (tertiary/aromatic N) is 3. The molecule has 146 valence electrons. The zero-order valence-corrected chi connectivity index (χ0v) is 16.1. The lowest BCUT2D eigenvalue weighted by atomic mass is 9.75. The number of hydrogen-bond donors (Lipinski definition) is 0. The predicted molar refractivity (Wildman–Crippen MR) is 99.7 cm³/mol. The van der Waals surface area contributed by atoms with Crippen molar-refractivity contribution in [3.63, 3.8) is 0 Å². The maximum atomic E-state index is 12.2. The van der Waals surface area contributed by atoms with E-state index in [-0.39, 0.29) is 19.3 Å². The maximum Gasteiger partial charge on any atom is 0.344 e. The van der Waals surface area contributed by atoms with E-state index in [1.807, 2.05) is 24.3 Å². The van der Waals surface area contributed by atoms with Crippen LogP contribution in [0.15, 0.2) is 24.3 Å². The predicted octanol–water partition coefficient (Wildman–Crippen LogP) is 2.98. The molecule has 1 aromatic carbocycles. The molecule has 27 heavy (non-hydrogen) atoms. The molecule has 1 aliphatic rings. The Balaban J connectivity index is 1.50. The number of esters is 2. The molecule has 3 atom stereocenters. The number of benzene rings is 1. The largest absolute Gasteiger partial charge is 0.460 e. The first-order chi connectivity index (χ1) is 12.9. The minimum absolute atomic E-state index is 0.0944. The standard InChI is InChI=1S/C20H27N3O4/c1-13(2)15-9-8-14(3)10-18(15)27-20(25)12-26-19(24)11-23-17-7-5-4-6-16(17)21-22-23/h4-7,13-15,18H,8-12H2,1-3H3/t14-,15+,18-/m1/s1. The minimum atomic E-state index is -0.542. The Bertz CT molecular complexity index is 801. The van der Waals surface area contributed by atoms with Crippen molar-refractivity contribution in [2.45, 2.75) is 52.7 Å². The molecule has 0 unspecified atom stereocenters. The van der Waals surface area contributed by atoms with Crippen LogP contribution in [0.3, 0.4) is 0 Å². The van der Waals surface area contributed by atoms with Gasteiger partial charge in [-0.15, -0.1) is 5.10 Å². The Morgan fingerprint density at radius 2 is 2.00 bits per heavy atom. The highest BCUT2D eigenvalue weighted by molar-refractivity contribution is 5.79. The average molecular weight is 373 g/mol. The van der Waals surface area contributed by atoms with Gasteiger partial charge in [0.2, 0.25) is 0 Å². The molecule has 0 aliphatic heterocycles. The molecule has 0 bridgehead atoms. The molecule has 0 spiro atoms. The number of carbonyl (C=O) groups excluding carboxylic acids is 2. The summed E-state index contributed by atoms with van der Waals surface area (Å²) in [5.41, 5.74) is 1.45. The highest BCUT2D eigenvalue weighted by Crippen LogP contribution is 2.35. The summed E-state index contributed by atoms with van der Waals surface area (Å²) in [6.07, 6.45) is 3.00. The summed E-state index contributed by atoms with van der Waals surface area (Å²) in [4.78, 5) is 24.2. The van der Waals surface area contributed by atoms with E-state index in [4.69, 9.17) is 9.47 Å². The summed E-state index contributed by atoms with van der Waals surface area (Å²) in [5.74, 6) is 0.332. The second-order valence-electron chi connectivity index (χ2n) is 7.75. The van der Waals surface area contributed by atoms with E-state index in [0.717, 1.165) is 24.8 Å². The molecule has 0 saturated heterocycles. The van der Waals surface area contributed by atoms with Gasteiger partial charge in [-0.2, -0.15) is 0 Å². The van der Waals surface area contributed by atoms with Crippen molar-refractivity contribution in [1.82, 2.24) is 15.0 Å². The minimum Gasteiger partial charge on any atom is -0.460 e. The number of carbonyl (C=O) groups is 2. The van der Waals surface area contributed by atoms with Crippen LogP contribution in [0.2, 0.25) is 0 Å². The van der Waals surface area contributed by atoms with Crippen LogP contribution in [0.25, 0.3) is 11.0 Å². The van der Waals surface area contributed by atoms with Crippen molar-refractivity contribution < 1.29 is 19.1 Å². The van der Waals surface area contributed by atoms with Crippen LogP contribution in [-0.2, 0) is 25.6 Å². The van der Waals surface area contributed by atoms with Gasteiger partial charge in [0.05, 0.1) is 5.52 Å². The number of aromatic nitrogens is 3. The molecule has 2 aromatic rings. The molecule has 0 N–H and O–H groups in total. The molecule has 1 aromatic heterocycles. The van der Waals surface area contributed by atoms with Gasteiger partial charge in [-0.05, 0) is 42.7 Å². The summed E-state index contributed by atoms with van der Waals surface area (Å²) in [5, 5.41) is 7.93. The van der Waals surface area contributed by atoms with Crippen LogP contribution in [0.4, 0.5) is 0 Å². The molecule has 1 saturated carbocycles. The lowest BCUT2D eigenvalue weighted by molar-refractivity contribution is -0.167. The van der Waals surface area contributed by atoms with Crippen molar-refractivity contribution in [3.8, 4) is 0 Å². The van der Waals surface area contributed by atoms with Gasteiger partial charge in [-0.3, -0.25) is 4.79 Å². The molecular weight excluding hydrogens is 346 g/mol. The summed E-state index contributed by atoms with van der Waals surface area (Å²) in [7, 11) is 0. The molecule has 1 heterocycles. The van der Waals surface area contributed by atoms with Crippen molar-refractivity contribution in [2.75, 3.05) is 6.61 Å². The third-order valence-corrected chi connectivity index (χ3v) is 5.29. The summed E-state index contributed by atoms with van der Waals surface area (Å²) in [6.45, 7) is 6.03. The summed E-state index contributed by atoms with van der Waals surface area (Å²) < 4.78 is 12.2. The third kappa shape index (κ3) is 4.84. The molecule has 7 nitrogen and oxygen atoms in total. The normalized spacial score (nSPS) is 22.7. The lowest BCUT2D eigenvalue weighted by Crippen LogP contribution is -2.37. The van der Waals surface area contributed by atoms with E-state index in [2.05, 4.69) is 31.1 Å². The van der Waals surface area contributed by atoms with Crippen LogP contribution in [0.1, 0.15) is 40.0 Å². The van der Waals surface area contributed by atoms with Gasteiger partial charge in [-0.1, -0.05) is 44.5 Å². The first kappa shape index (κ1) is 19.3. The Kier molecular flexibility index (Phi) is 6.08. The maximum absolute atomic E-state index is 12.2. The molecular formula is C20H27N3O4. The van der Waals surface area contributed by atoms with E-state index in [0.29, 0.717) is 23.3 Å². The van der Waals surface area contributed by atoms with Crippen LogP contribution in [0, 0.1) is 17.8 Å². The highest BCUT2D eigenvalue weighted by Gasteiger charge is 2.33. The molecule has 0 radical (unpaired) electrons. The number of fused-ring (bicyclic) bond motifs is 1. The van der Waals surface area contributed by atoms with Gasteiger partial charge >= 0.3 is 11.9 Å². The molecule has 3 rings (SSSR count). The smallest absolute Gasteiger partial charge is 0.344 e. The second kappa shape index (κ2) is 8.50. The van der Waals surface area contributed by atoms with Gasteiger partial charge in [0.25, 0.3) is 0 Å². The van der Waals surface area contributed by atoms with Gasteiger partial charge in [0, 0.05) is 0 Å². The third-order valence-electron chi connectivity index (χ3n) is 5.29. The van der Waals surface area contributed by atoms with Crippen LogP contribution < -0.4 is 0 Å². The molecule has 0 amide bonds. The van der Waals surface area contributed by atoms with Crippen LogP contribution >= 0.6 is 0 Å². The summed E-state index contributed by atoms with van der Waals surface area (Å²) in [6, 6.07) is 7.35. The first-order valence-electron chi connectivity index (χ1n) is 9.57. The van der Waals surface area contributed by atoms with E-state index < -0.39 is 11.9 Å². The Labute approximate surface area is 159 Å². The fourth-order valence-corrected chi connectivity index (χ4v) is 3.79. The monoisotopic (exact) mass is 373 g/mol. The number of para-hydroxylation sites is 1. The van der Waals surface area contributed by atoms with Gasteiger partial charge < -0.3 is 9.47 Å². The van der Waals surface area contributed by atoms with E-state index in [9.17, 15) is 9.59 Å². The van der Waals surface area contributed by atoms with Gasteiger partial charge in [0.15, 0.2) is 6.61 Å². The average Bonchev–Trinajstić information content (AvgIpc) is 3.03. The zero-order valence-electron chi connectivity index (χ0n) is 16.1. The summed E-state index contributed by atoms with van der Waals surface area (Å²) >= 11 is 0. The van der Waals surface area contributed by atoms with Gasteiger partial charge in [0.1, 0.15) is 18.2 Å². The van der Waals surface area contributed by atoms with Crippen molar-refractivity contribution in [2.24, 2.45) is 17.8 Å². The SMILES string of the molecule is CC(C)[C@@H]1CC[C@@H](C)C[C@H]1OC(=O)COC(=O)Cn1nnc2ccccc21. The van der Waals surface area contributed by atoms with E-state index in [1.165, 1.54) is 4.68 Å². The van der Waals surface area contributed by atoms with Crippen molar-refractivity contribution in [1.29, 1.82) is 0 Å². The van der Waals surface area contributed by atoms with Crippen molar-refractivity contribution in [3.05, 3.63) is 24.3 Å². The Morgan fingerprint density at radius 1 is 1.22 bits per heavy atom. The number of ether oxygens (including phenoxy) is 2. The quantitative estimate of drug-likeness (QED) is 0.724. The molecule has 7 heteroatoms. The molecule has 1 fully saturated rings. The van der Waals surface area contributed by atoms with E-state index >= 15 is 0 Å². The zero-order chi connectivity index (χ0) is 19.4. The second-order valence-corrected chi connectivity index (χ2v) is 7.75. The fourth-order valence-electron chi connectivity index (χ4n) is 3.79. The number of hydrogen-bond acceptors (Lipinski definition) is 6. The first-order valence-corrected chi connectivity index (χ1v) is 9.57. The van der Waals surface area contributed by atoms with Crippen molar-refractivity contribution >= 4 is 23.0 Å².